The van der Waals surface area contributed by atoms with Crippen LogP contribution in [-0.4, -0.2) is 36.0 Å². The maximum atomic E-state index is 12.5. The Morgan fingerprint density at radius 3 is 2.50 bits per heavy atom. The Labute approximate surface area is 163 Å². The number of nitrogens with one attached hydrogen (secondary N) is 1. The summed E-state index contributed by atoms with van der Waals surface area (Å²) in [5.74, 6) is 0.950. The average molecular weight is 380 g/mol. The molecule has 0 unspecified atom stereocenters. The molecule has 0 bridgehead atoms. The van der Waals surface area contributed by atoms with Crippen molar-refractivity contribution in [1.82, 2.24) is 9.88 Å². The number of aromatic amines is 1. The molecule has 1 N–H and O–H groups in total. The number of nitrogens with zero attached hydrogens (tertiary/aromatic N) is 1. The van der Waals surface area contributed by atoms with Gasteiger partial charge in [0.15, 0.2) is 11.5 Å². The third-order valence-corrected chi connectivity index (χ3v) is 4.68. The van der Waals surface area contributed by atoms with Crippen molar-refractivity contribution in [2.75, 3.05) is 20.2 Å². The van der Waals surface area contributed by atoms with Gasteiger partial charge in [-0.05, 0) is 38.1 Å². The van der Waals surface area contributed by atoms with Crippen molar-refractivity contribution in [3.05, 3.63) is 70.0 Å². The molecule has 6 nitrogen and oxygen atoms in total. The molecule has 2 aromatic carbocycles. The molecule has 28 heavy (non-hydrogen) atoms. The Kier molecular flexibility index (Phi) is 5.99. The van der Waals surface area contributed by atoms with Crippen LogP contribution in [0.5, 0.6) is 11.5 Å². The molecule has 0 aliphatic heterocycles. The van der Waals surface area contributed by atoms with Gasteiger partial charge in [0.05, 0.1) is 7.11 Å². The number of hydrogen-bond donors (Lipinski definition) is 1. The maximum Gasteiger partial charge on any atom is 0.253 e. The van der Waals surface area contributed by atoms with Crippen LogP contribution in [0.3, 0.4) is 0 Å². The summed E-state index contributed by atoms with van der Waals surface area (Å²) in [6.07, 6.45) is 0. The number of fused-ring (bicyclic) bond motifs is 1. The van der Waals surface area contributed by atoms with Crippen molar-refractivity contribution in [3.63, 3.8) is 0 Å². The molecule has 1 heterocycles. The van der Waals surface area contributed by atoms with Gasteiger partial charge < -0.3 is 19.4 Å². The monoisotopic (exact) mass is 380 g/mol. The number of ether oxygens (including phenoxy) is 2. The predicted octanol–water partition coefficient (Wildman–Crippen LogP) is 3.60. The summed E-state index contributed by atoms with van der Waals surface area (Å²) in [5.41, 5.74) is 1.92. The van der Waals surface area contributed by atoms with Crippen LogP contribution in [0.1, 0.15) is 29.8 Å². The van der Waals surface area contributed by atoms with E-state index < -0.39 is 0 Å². The fraction of sp³-hybridized carbons (Fsp3) is 0.273. The van der Waals surface area contributed by atoms with Crippen LogP contribution < -0.4 is 15.0 Å². The Morgan fingerprint density at radius 1 is 1.04 bits per heavy atom. The van der Waals surface area contributed by atoms with Crippen LogP contribution in [-0.2, 0) is 6.61 Å². The van der Waals surface area contributed by atoms with E-state index in [1.807, 2.05) is 38.1 Å². The summed E-state index contributed by atoms with van der Waals surface area (Å²) < 4.78 is 11.3. The van der Waals surface area contributed by atoms with Crippen molar-refractivity contribution in [2.24, 2.45) is 0 Å². The normalized spacial score (nSPS) is 10.7. The molecular weight excluding hydrogens is 356 g/mol. The van der Waals surface area contributed by atoms with E-state index in [4.69, 9.17) is 9.47 Å². The van der Waals surface area contributed by atoms with Gasteiger partial charge in [-0.25, -0.2) is 0 Å². The zero-order valence-corrected chi connectivity index (χ0v) is 16.3. The molecule has 1 aromatic heterocycles. The lowest BCUT2D eigenvalue weighted by atomic mass is 10.1. The van der Waals surface area contributed by atoms with Gasteiger partial charge in [-0.15, -0.1) is 0 Å². The van der Waals surface area contributed by atoms with Crippen LogP contribution in [0.2, 0.25) is 0 Å². The van der Waals surface area contributed by atoms with E-state index in [2.05, 4.69) is 4.98 Å². The first kappa shape index (κ1) is 19.5. The summed E-state index contributed by atoms with van der Waals surface area (Å²) in [7, 11) is 1.54. The van der Waals surface area contributed by atoms with E-state index in [9.17, 15) is 9.59 Å². The minimum atomic E-state index is -0.176. The molecule has 0 atom stereocenters. The summed E-state index contributed by atoms with van der Waals surface area (Å²) >= 11 is 0. The molecule has 0 fully saturated rings. The Balaban J connectivity index is 1.86. The van der Waals surface area contributed by atoms with Crippen molar-refractivity contribution < 1.29 is 14.3 Å². The average Bonchev–Trinajstić information content (AvgIpc) is 2.72. The van der Waals surface area contributed by atoms with Gasteiger partial charge >= 0.3 is 0 Å². The molecule has 3 rings (SSSR count). The number of methoxy groups -OCH3 is 1. The number of pyridine rings is 1. The van der Waals surface area contributed by atoms with Gasteiger partial charge in [0.25, 0.3) is 5.91 Å². The molecule has 0 radical (unpaired) electrons. The molecule has 0 saturated carbocycles. The van der Waals surface area contributed by atoms with Gasteiger partial charge in [-0.1, -0.05) is 18.2 Å². The first-order valence-corrected chi connectivity index (χ1v) is 9.28. The van der Waals surface area contributed by atoms with E-state index in [-0.39, 0.29) is 18.1 Å². The highest BCUT2D eigenvalue weighted by Crippen LogP contribution is 2.30. The lowest BCUT2D eigenvalue weighted by Crippen LogP contribution is -2.30. The molecule has 0 saturated heterocycles. The SMILES string of the molecule is CCN(CC)C(=O)c1ccc(OCc2cc(=O)[nH]c3ccccc23)c(OC)c1. The number of H-pyrrole nitrogens is 1. The first-order valence-electron chi connectivity index (χ1n) is 9.28. The second kappa shape index (κ2) is 8.61. The largest absolute Gasteiger partial charge is 0.493 e. The summed E-state index contributed by atoms with van der Waals surface area (Å²) in [6.45, 7) is 5.39. The number of carbonyl (C=O) groups excluding carboxylic acids is 1. The smallest absolute Gasteiger partial charge is 0.253 e. The minimum Gasteiger partial charge on any atom is -0.493 e. The quantitative estimate of drug-likeness (QED) is 0.680. The van der Waals surface area contributed by atoms with Crippen LogP contribution >= 0.6 is 0 Å². The fourth-order valence-electron chi connectivity index (χ4n) is 3.17. The number of rotatable bonds is 7. The molecule has 0 aliphatic carbocycles. The van der Waals surface area contributed by atoms with Crippen molar-refractivity contribution in [1.29, 1.82) is 0 Å². The molecule has 6 heteroatoms. The lowest BCUT2D eigenvalue weighted by Gasteiger charge is -2.19. The highest BCUT2D eigenvalue weighted by atomic mass is 16.5. The summed E-state index contributed by atoms with van der Waals surface area (Å²) in [4.78, 5) is 29.0. The van der Waals surface area contributed by atoms with Crippen molar-refractivity contribution in [2.45, 2.75) is 20.5 Å². The highest BCUT2D eigenvalue weighted by molar-refractivity contribution is 5.95. The zero-order valence-electron chi connectivity index (χ0n) is 16.3. The predicted molar refractivity (Wildman–Crippen MR) is 109 cm³/mol. The molecule has 1 amide bonds. The topological polar surface area (TPSA) is 71.6 Å². The summed E-state index contributed by atoms with van der Waals surface area (Å²) in [5, 5.41) is 0.925. The number of benzene rings is 2. The van der Waals surface area contributed by atoms with E-state index in [0.717, 1.165) is 16.5 Å². The van der Waals surface area contributed by atoms with Gasteiger partial charge in [-0.2, -0.15) is 0 Å². The van der Waals surface area contributed by atoms with E-state index in [1.165, 1.54) is 13.2 Å². The molecule has 3 aromatic rings. The number of amides is 1. The zero-order chi connectivity index (χ0) is 20.1. The lowest BCUT2D eigenvalue weighted by molar-refractivity contribution is 0.0772. The van der Waals surface area contributed by atoms with Gasteiger partial charge in [0.2, 0.25) is 5.56 Å². The van der Waals surface area contributed by atoms with E-state index in [1.54, 1.807) is 23.1 Å². The second-order valence-corrected chi connectivity index (χ2v) is 6.34. The van der Waals surface area contributed by atoms with Crippen LogP contribution in [0, 0.1) is 0 Å². The summed E-state index contributed by atoms with van der Waals surface area (Å²) in [6, 6.07) is 14.3. The first-order chi connectivity index (χ1) is 13.6. The van der Waals surface area contributed by atoms with Gasteiger partial charge in [0.1, 0.15) is 6.61 Å². The maximum absolute atomic E-state index is 12.5. The Bertz CT molecular complexity index is 1040. The third kappa shape index (κ3) is 4.01. The highest BCUT2D eigenvalue weighted by Gasteiger charge is 2.16. The Morgan fingerprint density at radius 2 is 1.79 bits per heavy atom. The molecule has 0 spiro atoms. The molecule has 146 valence electrons. The van der Waals surface area contributed by atoms with Crippen LogP contribution in [0.4, 0.5) is 0 Å². The van der Waals surface area contributed by atoms with E-state index in [0.29, 0.717) is 30.2 Å². The fourth-order valence-corrected chi connectivity index (χ4v) is 3.17. The number of carbonyl (C=O) groups is 1. The Hall–Kier alpha value is -3.28. The van der Waals surface area contributed by atoms with E-state index >= 15 is 0 Å². The van der Waals surface area contributed by atoms with Gasteiger partial charge in [0, 0.05) is 41.2 Å². The van der Waals surface area contributed by atoms with Gasteiger partial charge in [-0.3, -0.25) is 9.59 Å². The van der Waals surface area contributed by atoms with Crippen LogP contribution in [0.15, 0.2) is 53.3 Å². The number of hydrogen-bond acceptors (Lipinski definition) is 4. The number of aromatic nitrogens is 1. The minimum absolute atomic E-state index is 0.0459. The van der Waals surface area contributed by atoms with Crippen molar-refractivity contribution >= 4 is 16.8 Å². The standard InChI is InChI=1S/C22H24N2O4/c1-4-24(5-2)22(26)15-10-11-19(20(12-15)27-3)28-14-16-13-21(25)23-18-9-7-6-8-17(16)18/h6-13H,4-5,14H2,1-3H3,(H,23,25). The van der Waals surface area contributed by atoms with Crippen LogP contribution in [0.25, 0.3) is 10.9 Å². The number of para-hydroxylation sites is 1. The van der Waals surface area contributed by atoms with Crippen molar-refractivity contribution in [3.8, 4) is 11.5 Å². The second-order valence-electron chi connectivity index (χ2n) is 6.34. The third-order valence-electron chi connectivity index (χ3n) is 4.68. The molecular formula is C22H24N2O4. The molecule has 0 aliphatic rings.